The van der Waals surface area contributed by atoms with E-state index in [4.69, 9.17) is 4.52 Å². The molecule has 0 aliphatic carbocycles. The molecule has 1 saturated heterocycles. The first-order chi connectivity index (χ1) is 12.8. The van der Waals surface area contributed by atoms with Gasteiger partial charge in [0.05, 0.1) is 0 Å². The zero-order valence-corrected chi connectivity index (χ0v) is 14.5. The average molecular weight is 347 g/mol. The van der Waals surface area contributed by atoms with Crippen LogP contribution in [0.4, 0.5) is 0 Å². The predicted octanol–water partition coefficient (Wildman–Crippen LogP) is 3.35. The summed E-state index contributed by atoms with van der Waals surface area (Å²) in [7, 11) is 0. The van der Waals surface area contributed by atoms with Crippen LogP contribution in [0, 0.1) is 0 Å². The number of aromatic nitrogens is 1. The fraction of sp³-hybridized carbons (Fsp3) is 0.238. The van der Waals surface area contributed by atoms with Gasteiger partial charge < -0.3 is 9.84 Å². The van der Waals surface area contributed by atoms with Crippen LogP contribution < -0.4 is 5.32 Å². The van der Waals surface area contributed by atoms with Crippen molar-refractivity contribution in [3.05, 3.63) is 78.0 Å². The summed E-state index contributed by atoms with van der Waals surface area (Å²) in [5.41, 5.74) is 2.53. The number of nitrogens with one attached hydrogen (secondary N) is 1. The van der Waals surface area contributed by atoms with Gasteiger partial charge in [0.2, 0.25) is 0 Å². The first-order valence-electron chi connectivity index (χ1n) is 8.87. The number of nitrogens with zero attached hydrogens (tertiary/aromatic N) is 2. The van der Waals surface area contributed by atoms with Gasteiger partial charge in [0, 0.05) is 37.3 Å². The Morgan fingerprint density at radius 1 is 1.12 bits per heavy atom. The van der Waals surface area contributed by atoms with Gasteiger partial charge in [-0.3, -0.25) is 9.69 Å². The van der Waals surface area contributed by atoms with E-state index in [2.05, 4.69) is 39.6 Å². The van der Waals surface area contributed by atoms with Crippen LogP contribution in [0.25, 0.3) is 11.3 Å². The molecule has 0 radical (unpaired) electrons. The molecular weight excluding hydrogens is 326 g/mol. The minimum atomic E-state index is -0.178. The molecule has 1 aliphatic rings. The third kappa shape index (κ3) is 3.83. The van der Waals surface area contributed by atoms with Crippen LogP contribution >= 0.6 is 0 Å². The smallest absolute Gasteiger partial charge is 0.273 e. The lowest BCUT2D eigenvalue weighted by Gasteiger charge is -2.16. The van der Waals surface area contributed by atoms with Crippen molar-refractivity contribution < 1.29 is 9.32 Å². The lowest BCUT2D eigenvalue weighted by atomic mass is 10.1. The van der Waals surface area contributed by atoms with Crippen molar-refractivity contribution in [2.45, 2.75) is 19.0 Å². The maximum atomic E-state index is 12.5. The Balaban J connectivity index is 1.33. The van der Waals surface area contributed by atoms with Crippen molar-refractivity contribution in [3.63, 3.8) is 0 Å². The Morgan fingerprint density at radius 2 is 1.85 bits per heavy atom. The van der Waals surface area contributed by atoms with Gasteiger partial charge in [-0.2, -0.15) is 0 Å². The Bertz CT molecular complexity index is 861. The van der Waals surface area contributed by atoms with Crippen molar-refractivity contribution in [1.82, 2.24) is 15.4 Å². The zero-order chi connectivity index (χ0) is 17.8. The lowest BCUT2D eigenvalue weighted by Crippen LogP contribution is -2.37. The number of carbonyl (C=O) groups is 1. The fourth-order valence-electron chi connectivity index (χ4n) is 3.32. The summed E-state index contributed by atoms with van der Waals surface area (Å²) in [5.74, 6) is 0.426. The van der Waals surface area contributed by atoms with E-state index in [1.807, 2.05) is 36.4 Å². The van der Waals surface area contributed by atoms with Gasteiger partial charge in [-0.15, -0.1) is 0 Å². The highest BCUT2D eigenvalue weighted by atomic mass is 16.5. The molecule has 0 spiro atoms. The first kappa shape index (κ1) is 16.5. The summed E-state index contributed by atoms with van der Waals surface area (Å²) in [5, 5.41) is 6.99. The van der Waals surface area contributed by atoms with E-state index in [1.54, 1.807) is 6.07 Å². The van der Waals surface area contributed by atoms with Crippen LogP contribution in [-0.4, -0.2) is 35.1 Å². The van der Waals surface area contributed by atoms with Crippen molar-refractivity contribution in [1.29, 1.82) is 0 Å². The number of amides is 1. The van der Waals surface area contributed by atoms with Gasteiger partial charge in [0.15, 0.2) is 11.5 Å². The van der Waals surface area contributed by atoms with E-state index in [-0.39, 0.29) is 11.9 Å². The largest absolute Gasteiger partial charge is 0.355 e. The molecule has 1 atom stereocenters. The van der Waals surface area contributed by atoms with E-state index >= 15 is 0 Å². The highest BCUT2D eigenvalue weighted by Crippen LogP contribution is 2.20. The van der Waals surface area contributed by atoms with E-state index in [0.717, 1.165) is 31.6 Å². The maximum absolute atomic E-state index is 12.5. The van der Waals surface area contributed by atoms with Gasteiger partial charge in [0.1, 0.15) is 0 Å². The Morgan fingerprint density at radius 3 is 2.62 bits per heavy atom. The van der Waals surface area contributed by atoms with Gasteiger partial charge in [-0.05, 0) is 12.0 Å². The highest BCUT2D eigenvalue weighted by Gasteiger charge is 2.25. The standard InChI is InChI=1S/C21H21N3O2/c25-21(19-13-20(26-23-19)17-9-5-2-6-10-17)22-18-11-12-24(15-18)14-16-7-3-1-4-8-16/h1-10,13,18H,11-12,14-15H2,(H,22,25)/t18-/m0/s1. The monoisotopic (exact) mass is 347 g/mol. The lowest BCUT2D eigenvalue weighted by molar-refractivity contribution is 0.0928. The first-order valence-corrected chi connectivity index (χ1v) is 8.87. The highest BCUT2D eigenvalue weighted by molar-refractivity contribution is 5.93. The number of benzene rings is 2. The van der Waals surface area contributed by atoms with Crippen LogP contribution in [0.1, 0.15) is 22.5 Å². The predicted molar refractivity (Wildman–Crippen MR) is 99.5 cm³/mol. The van der Waals surface area contributed by atoms with Crippen molar-refractivity contribution in [2.24, 2.45) is 0 Å². The quantitative estimate of drug-likeness (QED) is 0.769. The van der Waals surface area contributed by atoms with Crippen molar-refractivity contribution >= 4 is 5.91 Å². The van der Waals surface area contributed by atoms with Gasteiger partial charge in [-0.25, -0.2) is 0 Å². The average Bonchev–Trinajstić information content (AvgIpc) is 3.33. The van der Waals surface area contributed by atoms with E-state index < -0.39 is 0 Å². The molecule has 1 aromatic heterocycles. The molecule has 132 valence electrons. The molecule has 3 aromatic rings. The molecule has 0 saturated carbocycles. The summed E-state index contributed by atoms with van der Waals surface area (Å²) in [4.78, 5) is 14.8. The number of hydrogen-bond donors (Lipinski definition) is 1. The minimum absolute atomic E-state index is 0.142. The second-order valence-corrected chi connectivity index (χ2v) is 6.62. The number of carbonyl (C=O) groups excluding carboxylic acids is 1. The summed E-state index contributed by atoms with van der Waals surface area (Å²) in [6.45, 7) is 2.74. The van der Waals surface area contributed by atoms with Crippen molar-refractivity contribution in [3.8, 4) is 11.3 Å². The van der Waals surface area contributed by atoms with Crippen LogP contribution in [0.15, 0.2) is 71.3 Å². The second-order valence-electron chi connectivity index (χ2n) is 6.62. The Hall–Kier alpha value is -2.92. The molecule has 1 N–H and O–H groups in total. The van der Waals surface area contributed by atoms with Crippen LogP contribution in [-0.2, 0) is 6.54 Å². The summed E-state index contributed by atoms with van der Waals surface area (Å²) in [6, 6.07) is 21.9. The summed E-state index contributed by atoms with van der Waals surface area (Å²) < 4.78 is 5.32. The molecule has 0 bridgehead atoms. The molecule has 1 aliphatic heterocycles. The fourth-order valence-corrected chi connectivity index (χ4v) is 3.32. The third-order valence-electron chi connectivity index (χ3n) is 4.66. The Kier molecular flexibility index (Phi) is 4.80. The third-order valence-corrected chi connectivity index (χ3v) is 4.66. The molecule has 1 amide bonds. The molecule has 4 rings (SSSR count). The van der Waals surface area contributed by atoms with Crippen LogP contribution in [0.3, 0.4) is 0 Å². The van der Waals surface area contributed by atoms with E-state index in [1.165, 1.54) is 5.56 Å². The molecular formula is C21H21N3O2. The molecule has 5 heteroatoms. The van der Waals surface area contributed by atoms with E-state index in [9.17, 15) is 4.79 Å². The van der Waals surface area contributed by atoms with Gasteiger partial charge >= 0.3 is 0 Å². The second kappa shape index (κ2) is 7.54. The van der Waals surface area contributed by atoms with E-state index in [0.29, 0.717) is 11.5 Å². The molecule has 26 heavy (non-hydrogen) atoms. The van der Waals surface area contributed by atoms with Gasteiger partial charge in [0.25, 0.3) is 5.91 Å². The number of likely N-dealkylation sites (tertiary alicyclic amines) is 1. The normalized spacial score (nSPS) is 17.3. The van der Waals surface area contributed by atoms with Crippen molar-refractivity contribution in [2.75, 3.05) is 13.1 Å². The maximum Gasteiger partial charge on any atom is 0.273 e. The zero-order valence-electron chi connectivity index (χ0n) is 14.5. The summed E-state index contributed by atoms with van der Waals surface area (Å²) >= 11 is 0. The van der Waals surface area contributed by atoms with Crippen LogP contribution in [0.2, 0.25) is 0 Å². The minimum Gasteiger partial charge on any atom is -0.355 e. The molecule has 0 unspecified atom stereocenters. The number of rotatable bonds is 5. The summed E-state index contributed by atoms with van der Waals surface area (Å²) in [6.07, 6.45) is 0.946. The molecule has 2 aromatic carbocycles. The number of hydrogen-bond acceptors (Lipinski definition) is 4. The topological polar surface area (TPSA) is 58.4 Å². The van der Waals surface area contributed by atoms with Crippen LogP contribution in [0.5, 0.6) is 0 Å². The SMILES string of the molecule is O=C(N[C@H]1CCN(Cc2ccccc2)C1)c1cc(-c2ccccc2)on1. The Labute approximate surface area is 152 Å². The van der Waals surface area contributed by atoms with Gasteiger partial charge in [-0.1, -0.05) is 65.8 Å². The molecule has 5 nitrogen and oxygen atoms in total. The molecule has 1 fully saturated rings. The molecule has 2 heterocycles.